The zero-order chi connectivity index (χ0) is 6.85. The SMILES string of the molecule is Cc1[nH]ncc1C(C)C.[HH]. The number of nitrogens with zero attached hydrogens (tertiary/aromatic N) is 1. The van der Waals surface area contributed by atoms with Crippen LogP contribution in [-0.4, -0.2) is 10.2 Å². The van der Waals surface area contributed by atoms with Gasteiger partial charge in [-0.05, 0) is 18.4 Å². The Morgan fingerprint density at radius 2 is 2.33 bits per heavy atom. The van der Waals surface area contributed by atoms with Gasteiger partial charge in [0.2, 0.25) is 0 Å². The lowest BCUT2D eigenvalue weighted by Gasteiger charge is -1.99. The molecule has 0 fully saturated rings. The molecule has 0 amide bonds. The Morgan fingerprint density at radius 1 is 1.67 bits per heavy atom. The second kappa shape index (κ2) is 2.21. The van der Waals surface area contributed by atoms with Gasteiger partial charge in [-0.2, -0.15) is 5.10 Å². The molecule has 0 aliphatic carbocycles. The third-order valence-electron chi connectivity index (χ3n) is 1.49. The van der Waals surface area contributed by atoms with Crippen LogP contribution in [0.25, 0.3) is 0 Å². The topological polar surface area (TPSA) is 28.7 Å². The van der Waals surface area contributed by atoms with Crippen molar-refractivity contribution >= 4 is 0 Å². The van der Waals surface area contributed by atoms with E-state index in [-0.39, 0.29) is 1.43 Å². The molecule has 1 heterocycles. The van der Waals surface area contributed by atoms with Crippen molar-refractivity contribution in [2.24, 2.45) is 0 Å². The van der Waals surface area contributed by atoms with Crippen LogP contribution in [0.1, 0.15) is 32.4 Å². The van der Waals surface area contributed by atoms with Crippen molar-refractivity contribution < 1.29 is 1.43 Å². The Labute approximate surface area is 56.8 Å². The summed E-state index contributed by atoms with van der Waals surface area (Å²) < 4.78 is 0. The van der Waals surface area contributed by atoms with Gasteiger partial charge in [0, 0.05) is 7.12 Å². The van der Waals surface area contributed by atoms with Gasteiger partial charge < -0.3 is 0 Å². The van der Waals surface area contributed by atoms with Crippen molar-refractivity contribution in [1.82, 2.24) is 10.2 Å². The van der Waals surface area contributed by atoms with E-state index in [9.17, 15) is 0 Å². The first-order valence-corrected chi connectivity index (χ1v) is 3.21. The van der Waals surface area contributed by atoms with Crippen LogP contribution in [0.5, 0.6) is 0 Å². The van der Waals surface area contributed by atoms with Gasteiger partial charge in [0.15, 0.2) is 0 Å². The third-order valence-corrected chi connectivity index (χ3v) is 1.49. The number of hydrogen-bond acceptors (Lipinski definition) is 1. The quantitative estimate of drug-likeness (QED) is 0.613. The summed E-state index contributed by atoms with van der Waals surface area (Å²) in [5, 5.41) is 6.82. The highest BCUT2D eigenvalue weighted by Crippen LogP contribution is 2.14. The molecule has 0 saturated heterocycles. The zero-order valence-electron chi connectivity index (χ0n) is 6.10. The van der Waals surface area contributed by atoms with Gasteiger partial charge in [0.25, 0.3) is 0 Å². The number of aromatic nitrogens is 2. The molecule has 0 saturated carbocycles. The fourth-order valence-electron chi connectivity index (χ4n) is 0.942. The predicted octanol–water partition coefficient (Wildman–Crippen LogP) is 2.09. The molecule has 52 valence electrons. The van der Waals surface area contributed by atoms with E-state index in [0.29, 0.717) is 5.92 Å². The molecule has 1 rings (SSSR count). The highest BCUT2D eigenvalue weighted by molar-refractivity contribution is 5.17. The number of rotatable bonds is 1. The maximum atomic E-state index is 3.92. The fraction of sp³-hybridized carbons (Fsp3) is 0.571. The molecule has 2 heteroatoms. The summed E-state index contributed by atoms with van der Waals surface area (Å²) in [5.41, 5.74) is 2.50. The van der Waals surface area contributed by atoms with Crippen LogP contribution in [-0.2, 0) is 0 Å². The van der Waals surface area contributed by atoms with E-state index in [1.54, 1.807) is 0 Å². The standard InChI is InChI=1S/C7H12N2.H2/c1-5(2)7-4-8-9-6(7)3;/h4-5H,1-3H3,(H,8,9);1H. The van der Waals surface area contributed by atoms with E-state index in [4.69, 9.17) is 0 Å². The molecule has 0 unspecified atom stereocenters. The molecule has 1 aromatic rings. The molecule has 9 heavy (non-hydrogen) atoms. The molecule has 0 aliphatic heterocycles. The average Bonchev–Trinajstić information content (AvgIpc) is 2.13. The molecule has 0 bridgehead atoms. The van der Waals surface area contributed by atoms with Crippen LogP contribution in [0.3, 0.4) is 0 Å². The lowest BCUT2D eigenvalue weighted by atomic mass is 10.1. The molecule has 0 aromatic carbocycles. The van der Waals surface area contributed by atoms with Gasteiger partial charge in [-0.15, -0.1) is 0 Å². The van der Waals surface area contributed by atoms with Crippen molar-refractivity contribution in [1.29, 1.82) is 0 Å². The van der Waals surface area contributed by atoms with Crippen LogP contribution < -0.4 is 0 Å². The van der Waals surface area contributed by atoms with Crippen LogP contribution in [0.15, 0.2) is 6.20 Å². The Hall–Kier alpha value is -0.790. The van der Waals surface area contributed by atoms with E-state index in [0.717, 1.165) is 0 Å². The maximum Gasteiger partial charge on any atom is 0.0524 e. The molecule has 0 spiro atoms. The minimum absolute atomic E-state index is 0. The Kier molecular flexibility index (Phi) is 1.56. The summed E-state index contributed by atoms with van der Waals surface area (Å²) in [5.74, 6) is 0.587. The van der Waals surface area contributed by atoms with Gasteiger partial charge in [-0.25, -0.2) is 0 Å². The summed E-state index contributed by atoms with van der Waals surface area (Å²) in [6.45, 7) is 6.37. The van der Waals surface area contributed by atoms with Gasteiger partial charge in [-0.1, -0.05) is 13.8 Å². The smallest absolute Gasteiger partial charge is 0.0524 e. The monoisotopic (exact) mass is 126 g/mol. The van der Waals surface area contributed by atoms with E-state index >= 15 is 0 Å². The van der Waals surface area contributed by atoms with Gasteiger partial charge in [0.05, 0.1) is 6.20 Å². The summed E-state index contributed by atoms with van der Waals surface area (Å²) in [4.78, 5) is 0. The third kappa shape index (κ3) is 1.12. The summed E-state index contributed by atoms with van der Waals surface area (Å²) in [6.07, 6.45) is 1.89. The van der Waals surface area contributed by atoms with Crippen LogP contribution >= 0.6 is 0 Å². The molecule has 0 aliphatic rings. The molecule has 0 atom stereocenters. The molecular weight excluding hydrogens is 112 g/mol. The molecule has 0 radical (unpaired) electrons. The van der Waals surface area contributed by atoms with Crippen molar-refractivity contribution in [3.05, 3.63) is 17.5 Å². The second-order valence-corrected chi connectivity index (χ2v) is 2.61. The van der Waals surface area contributed by atoms with E-state index in [1.165, 1.54) is 11.3 Å². The number of aromatic amines is 1. The minimum Gasteiger partial charge on any atom is -0.283 e. The second-order valence-electron chi connectivity index (χ2n) is 2.61. The highest BCUT2D eigenvalue weighted by Gasteiger charge is 2.02. The van der Waals surface area contributed by atoms with Crippen molar-refractivity contribution in [3.8, 4) is 0 Å². The number of H-pyrrole nitrogens is 1. The zero-order valence-corrected chi connectivity index (χ0v) is 6.10. The van der Waals surface area contributed by atoms with Crippen LogP contribution in [0.2, 0.25) is 0 Å². The van der Waals surface area contributed by atoms with Gasteiger partial charge in [-0.3, -0.25) is 5.10 Å². The largest absolute Gasteiger partial charge is 0.283 e. The Bertz CT molecular complexity index is 193. The van der Waals surface area contributed by atoms with Crippen molar-refractivity contribution in [3.63, 3.8) is 0 Å². The Balaban J connectivity index is 0.000000810. The number of aryl methyl sites for hydroxylation is 1. The first-order chi connectivity index (χ1) is 4.22. The normalized spacial score (nSPS) is 10.7. The van der Waals surface area contributed by atoms with Gasteiger partial charge >= 0.3 is 0 Å². The molecular formula is C7H14N2. The van der Waals surface area contributed by atoms with Crippen molar-refractivity contribution in [2.45, 2.75) is 26.7 Å². The molecule has 2 nitrogen and oxygen atoms in total. The summed E-state index contributed by atoms with van der Waals surface area (Å²) >= 11 is 0. The van der Waals surface area contributed by atoms with Crippen LogP contribution in [0.4, 0.5) is 0 Å². The van der Waals surface area contributed by atoms with E-state index in [2.05, 4.69) is 24.0 Å². The first-order valence-electron chi connectivity index (χ1n) is 3.21. The predicted molar refractivity (Wildman–Crippen MR) is 39.5 cm³/mol. The maximum absolute atomic E-state index is 3.92. The first kappa shape index (κ1) is 6.33. The summed E-state index contributed by atoms with van der Waals surface area (Å²) in [7, 11) is 0. The van der Waals surface area contributed by atoms with Gasteiger partial charge in [0.1, 0.15) is 0 Å². The van der Waals surface area contributed by atoms with E-state index < -0.39 is 0 Å². The lowest BCUT2D eigenvalue weighted by molar-refractivity contribution is 0.857. The molecule has 1 aromatic heterocycles. The lowest BCUT2D eigenvalue weighted by Crippen LogP contribution is -1.86. The number of nitrogens with one attached hydrogen (secondary N) is 1. The van der Waals surface area contributed by atoms with Crippen LogP contribution in [0, 0.1) is 6.92 Å². The average molecular weight is 126 g/mol. The molecule has 1 N–H and O–H groups in total. The Morgan fingerprint density at radius 3 is 2.56 bits per heavy atom. The van der Waals surface area contributed by atoms with E-state index in [1.807, 2.05) is 13.1 Å². The fourth-order valence-corrected chi connectivity index (χ4v) is 0.942. The number of hydrogen-bond donors (Lipinski definition) is 1. The van der Waals surface area contributed by atoms with Crippen molar-refractivity contribution in [2.75, 3.05) is 0 Å². The minimum atomic E-state index is 0. The highest BCUT2D eigenvalue weighted by atomic mass is 15.1. The summed E-state index contributed by atoms with van der Waals surface area (Å²) in [6, 6.07) is 0.